The minimum absolute atomic E-state index is 0.0268. The maximum Gasteiger partial charge on any atom is 0.270 e. The molecule has 1 saturated heterocycles. The lowest BCUT2D eigenvalue weighted by atomic mass is 10.1. The fourth-order valence-electron chi connectivity index (χ4n) is 2.74. The topological polar surface area (TPSA) is 63.5 Å². The third kappa shape index (κ3) is 3.20. The molecule has 1 aliphatic rings. The molecular formula is C15H19FN2O3. The zero-order valence-corrected chi connectivity index (χ0v) is 12.3. The molecule has 1 heterocycles. The number of non-ortho nitro benzene ring substituents is 1. The molecule has 1 atom stereocenters. The summed E-state index contributed by atoms with van der Waals surface area (Å²) < 4.78 is 14.2. The highest BCUT2D eigenvalue weighted by Crippen LogP contribution is 2.25. The molecule has 1 aromatic rings. The summed E-state index contributed by atoms with van der Waals surface area (Å²) in [5.41, 5.74) is -0.329. The van der Waals surface area contributed by atoms with Gasteiger partial charge in [-0.3, -0.25) is 14.9 Å². The Bertz CT molecular complexity index is 574. The number of likely N-dealkylation sites (tertiary alicyclic amines) is 1. The number of rotatable bonds is 2. The summed E-state index contributed by atoms with van der Waals surface area (Å²) in [7, 11) is 0. The summed E-state index contributed by atoms with van der Waals surface area (Å²) in [5.74, 6) is -1.12. The molecule has 0 bridgehead atoms. The van der Waals surface area contributed by atoms with E-state index in [9.17, 15) is 19.3 Å². The van der Waals surface area contributed by atoms with Gasteiger partial charge in [-0.25, -0.2) is 4.39 Å². The van der Waals surface area contributed by atoms with Gasteiger partial charge >= 0.3 is 0 Å². The van der Waals surface area contributed by atoms with Crippen molar-refractivity contribution in [2.24, 2.45) is 0 Å². The fraction of sp³-hybridized carbons (Fsp3) is 0.533. The zero-order chi connectivity index (χ0) is 15.6. The smallest absolute Gasteiger partial charge is 0.270 e. The predicted octanol–water partition coefficient (Wildman–Crippen LogP) is 3.45. The third-order valence-electron chi connectivity index (χ3n) is 3.99. The van der Waals surface area contributed by atoms with Crippen LogP contribution in [0.15, 0.2) is 12.1 Å². The maximum absolute atomic E-state index is 14.2. The van der Waals surface area contributed by atoms with E-state index in [-0.39, 0.29) is 22.9 Å². The molecule has 0 radical (unpaired) electrons. The average molecular weight is 294 g/mol. The van der Waals surface area contributed by atoms with E-state index >= 15 is 0 Å². The molecule has 6 heteroatoms. The first kappa shape index (κ1) is 15.4. The van der Waals surface area contributed by atoms with E-state index < -0.39 is 16.6 Å². The molecule has 0 saturated carbocycles. The van der Waals surface area contributed by atoms with Gasteiger partial charge in [0, 0.05) is 24.7 Å². The van der Waals surface area contributed by atoms with Crippen LogP contribution in [0.5, 0.6) is 0 Å². The van der Waals surface area contributed by atoms with Crippen molar-refractivity contribution in [3.05, 3.63) is 39.2 Å². The van der Waals surface area contributed by atoms with Crippen LogP contribution in [0.25, 0.3) is 0 Å². The largest absolute Gasteiger partial charge is 0.336 e. The number of nitrogens with zero attached hydrogens (tertiary/aromatic N) is 2. The fourth-order valence-corrected chi connectivity index (χ4v) is 2.74. The normalized spacial score (nSPS) is 19.2. The lowest BCUT2D eigenvalue weighted by Gasteiger charge is -2.27. The highest BCUT2D eigenvalue weighted by atomic mass is 19.1. The van der Waals surface area contributed by atoms with Crippen molar-refractivity contribution in [3.8, 4) is 0 Å². The Labute approximate surface area is 122 Å². The molecule has 1 aliphatic heterocycles. The van der Waals surface area contributed by atoms with Crippen LogP contribution < -0.4 is 0 Å². The van der Waals surface area contributed by atoms with Gasteiger partial charge in [0.1, 0.15) is 5.82 Å². The number of hydrogen-bond donors (Lipinski definition) is 0. The van der Waals surface area contributed by atoms with Gasteiger partial charge in [0.25, 0.3) is 11.6 Å². The molecule has 1 aromatic carbocycles. The molecule has 1 unspecified atom stereocenters. The Balaban J connectivity index is 2.39. The van der Waals surface area contributed by atoms with Crippen LogP contribution in [-0.2, 0) is 0 Å². The third-order valence-corrected chi connectivity index (χ3v) is 3.99. The highest BCUT2D eigenvalue weighted by molar-refractivity contribution is 5.95. The van der Waals surface area contributed by atoms with Gasteiger partial charge < -0.3 is 4.90 Å². The van der Waals surface area contributed by atoms with Crippen molar-refractivity contribution in [2.75, 3.05) is 6.54 Å². The van der Waals surface area contributed by atoms with Crippen LogP contribution in [0.1, 0.15) is 48.5 Å². The van der Waals surface area contributed by atoms with Crippen molar-refractivity contribution in [2.45, 2.75) is 45.6 Å². The minimum Gasteiger partial charge on any atom is -0.336 e. The Morgan fingerprint density at radius 3 is 2.76 bits per heavy atom. The van der Waals surface area contributed by atoms with E-state index in [4.69, 9.17) is 0 Å². The van der Waals surface area contributed by atoms with E-state index in [0.29, 0.717) is 6.54 Å². The quantitative estimate of drug-likeness (QED) is 0.620. The number of halogens is 1. The Morgan fingerprint density at radius 2 is 2.10 bits per heavy atom. The van der Waals surface area contributed by atoms with E-state index in [2.05, 4.69) is 0 Å². The molecule has 0 aromatic heterocycles. The zero-order valence-electron chi connectivity index (χ0n) is 12.3. The Morgan fingerprint density at radius 1 is 1.38 bits per heavy atom. The number of amides is 1. The van der Waals surface area contributed by atoms with Crippen LogP contribution >= 0.6 is 0 Å². The monoisotopic (exact) mass is 294 g/mol. The van der Waals surface area contributed by atoms with Gasteiger partial charge in [-0.2, -0.15) is 0 Å². The van der Waals surface area contributed by atoms with Crippen molar-refractivity contribution in [1.29, 1.82) is 0 Å². The summed E-state index contributed by atoms with van der Waals surface area (Å²) in [6, 6.07) is 2.22. The number of hydrogen-bond acceptors (Lipinski definition) is 3. The van der Waals surface area contributed by atoms with E-state index in [1.54, 1.807) is 4.90 Å². The second kappa shape index (κ2) is 6.20. The van der Waals surface area contributed by atoms with Gasteiger partial charge in [0.2, 0.25) is 0 Å². The lowest BCUT2D eigenvalue weighted by molar-refractivity contribution is -0.385. The molecule has 1 amide bonds. The van der Waals surface area contributed by atoms with E-state index in [1.807, 2.05) is 6.92 Å². The second-order valence-corrected chi connectivity index (χ2v) is 5.58. The standard InChI is InChI=1S/C15H19FN2O3/c1-10-8-12(18(20)21)9-13(14(10)16)15(19)17-7-5-3-4-6-11(17)2/h8-9,11H,3-7H2,1-2H3. The number of carbonyl (C=O) groups excluding carboxylic acids is 1. The maximum atomic E-state index is 14.2. The lowest BCUT2D eigenvalue weighted by Crippen LogP contribution is -2.38. The number of nitro benzene ring substituents is 1. The van der Waals surface area contributed by atoms with Crippen molar-refractivity contribution in [3.63, 3.8) is 0 Å². The summed E-state index contributed by atoms with van der Waals surface area (Å²) in [6.45, 7) is 3.94. The second-order valence-electron chi connectivity index (χ2n) is 5.58. The molecule has 0 aliphatic carbocycles. The van der Waals surface area contributed by atoms with Crippen LogP contribution in [-0.4, -0.2) is 28.3 Å². The van der Waals surface area contributed by atoms with Gasteiger partial charge in [-0.05, 0) is 32.3 Å². The first-order chi connectivity index (χ1) is 9.91. The summed E-state index contributed by atoms with van der Waals surface area (Å²) in [5, 5.41) is 10.9. The van der Waals surface area contributed by atoms with Gasteiger partial charge in [-0.15, -0.1) is 0 Å². The van der Waals surface area contributed by atoms with Crippen molar-refractivity contribution in [1.82, 2.24) is 4.90 Å². The molecule has 21 heavy (non-hydrogen) atoms. The van der Waals surface area contributed by atoms with E-state index in [0.717, 1.165) is 37.8 Å². The molecule has 1 fully saturated rings. The summed E-state index contributed by atoms with van der Waals surface area (Å²) in [6.07, 6.45) is 3.85. The first-order valence-electron chi connectivity index (χ1n) is 7.17. The molecule has 0 N–H and O–H groups in total. The molecule has 114 valence electrons. The summed E-state index contributed by atoms with van der Waals surface area (Å²) in [4.78, 5) is 24.5. The van der Waals surface area contributed by atoms with Crippen LogP contribution in [0, 0.1) is 22.9 Å². The number of aryl methyl sites for hydroxylation is 1. The Kier molecular flexibility index (Phi) is 4.55. The molecule has 0 spiro atoms. The van der Waals surface area contributed by atoms with Crippen molar-refractivity contribution >= 4 is 11.6 Å². The Hall–Kier alpha value is -1.98. The molecule has 2 rings (SSSR count). The molecule has 5 nitrogen and oxygen atoms in total. The highest BCUT2D eigenvalue weighted by Gasteiger charge is 2.27. The number of nitro groups is 1. The SMILES string of the molecule is Cc1cc([N+](=O)[O-])cc(C(=O)N2CCCCCC2C)c1F. The minimum atomic E-state index is -0.665. The van der Waals surface area contributed by atoms with Crippen molar-refractivity contribution < 1.29 is 14.1 Å². The van der Waals surface area contributed by atoms with Gasteiger partial charge in [0.15, 0.2) is 0 Å². The van der Waals surface area contributed by atoms with Crippen LogP contribution in [0.4, 0.5) is 10.1 Å². The molecular weight excluding hydrogens is 275 g/mol. The van der Waals surface area contributed by atoms with Crippen LogP contribution in [0.3, 0.4) is 0 Å². The summed E-state index contributed by atoms with van der Waals surface area (Å²) >= 11 is 0. The predicted molar refractivity (Wildman–Crippen MR) is 76.8 cm³/mol. The first-order valence-corrected chi connectivity index (χ1v) is 7.17. The van der Waals surface area contributed by atoms with Gasteiger partial charge in [0.05, 0.1) is 10.5 Å². The average Bonchev–Trinajstić information content (AvgIpc) is 2.65. The van der Waals surface area contributed by atoms with Gasteiger partial charge in [-0.1, -0.05) is 12.8 Å². The number of benzene rings is 1. The van der Waals surface area contributed by atoms with E-state index in [1.165, 1.54) is 6.92 Å². The number of carbonyl (C=O) groups is 1. The van der Waals surface area contributed by atoms with Crippen LogP contribution in [0.2, 0.25) is 0 Å².